The largest absolute Gasteiger partial charge is 0.497 e. The van der Waals surface area contributed by atoms with E-state index in [4.69, 9.17) is 9.47 Å². The SMILES string of the molecule is COc1cccc(Oc2ccnc(-c3cccc(C(=O)NC(C)(C)C)c3)n2)c1. The predicted molar refractivity (Wildman–Crippen MR) is 108 cm³/mol. The minimum absolute atomic E-state index is 0.141. The minimum atomic E-state index is -0.311. The van der Waals surface area contributed by atoms with Crippen LogP contribution < -0.4 is 14.8 Å². The number of ether oxygens (including phenoxy) is 2. The van der Waals surface area contributed by atoms with Crippen LogP contribution in [0.3, 0.4) is 0 Å². The molecule has 0 spiro atoms. The molecule has 144 valence electrons. The molecule has 6 nitrogen and oxygen atoms in total. The standard InChI is InChI=1S/C22H23N3O3/c1-22(2,3)25-21(26)16-8-5-7-15(13-16)20-23-12-11-19(24-20)28-18-10-6-9-17(14-18)27-4/h5-14H,1-4H3,(H,25,26). The summed E-state index contributed by atoms with van der Waals surface area (Å²) < 4.78 is 11.0. The first-order valence-electron chi connectivity index (χ1n) is 8.92. The lowest BCUT2D eigenvalue weighted by Crippen LogP contribution is -2.40. The van der Waals surface area contributed by atoms with E-state index in [1.807, 2.05) is 51.1 Å². The molecule has 0 bridgehead atoms. The van der Waals surface area contributed by atoms with Gasteiger partial charge in [0.2, 0.25) is 5.88 Å². The molecule has 0 aliphatic rings. The van der Waals surface area contributed by atoms with Crippen LogP contribution in [0.15, 0.2) is 60.8 Å². The number of hydrogen-bond donors (Lipinski definition) is 1. The van der Waals surface area contributed by atoms with Gasteiger partial charge in [-0.25, -0.2) is 4.98 Å². The lowest BCUT2D eigenvalue weighted by atomic mass is 10.1. The van der Waals surface area contributed by atoms with Gasteiger partial charge in [-0.05, 0) is 45.0 Å². The molecule has 1 amide bonds. The first-order chi connectivity index (χ1) is 13.3. The van der Waals surface area contributed by atoms with Crippen LogP contribution in [0.1, 0.15) is 31.1 Å². The number of carbonyl (C=O) groups is 1. The van der Waals surface area contributed by atoms with Crippen molar-refractivity contribution in [2.24, 2.45) is 0 Å². The lowest BCUT2D eigenvalue weighted by Gasteiger charge is -2.20. The molecule has 0 aliphatic carbocycles. The van der Waals surface area contributed by atoms with E-state index in [9.17, 15) is 4.79 Å². The maximum atomic E-state index is 12.4. The third-order valence-electron chi connectivity index (χ3n) is 3.77. The van der Waals surface area contributed by atoms with E-state index in [2.05, 4.69) is 15.3 Å². The molecule has 0 aliphatic heterocycles. The summed E-state index contributed by atoms with van der Waals surface area (Å²) in [4.78, 5) is 21.2. The van der Waals surface area contributed by atoms with Crippen LogP contribution in [0.2, 0.25) is 0 Å². The summed E-state index contributed by atoms with van der Waals surface area (Å²) in [7, 11) is 1.60. The van der Waals surface area contributed by atoms with E-state index in [1.54, 1.807) is 37.6 Å². The Labute approximate surface area is 164 Å². The van der Waals surface area contributed by atoms with Crippen molar-refractivity contribution >= 4 is 5.91 Å². The van der Waals surface area contributed by atoms with Crippen molar-refractivity contribution in [2.45, 2.75) is 26.3 Å². The molecule has 0 saturated heterocycles. The fraction of sp³-hybridized carbons (Fsp3) is 0.227. The van der Waals surface area contributed by atoms with Gasteiger partial charge in [-0.3, -0.25) is 4.79 Å². The van der Waals surface area contributed by atoms with Gasteiger partial charge in [0.15, 0.2) is 5.82 Å². The van der Waals surface area contributed by atoms with Gasteiger partial charge in [-0.2, -0.15) is 4.98 Å². The van der Waals surface area contributed by atoms with Crippen molar-refractivity contribution in [3.8, 4) is 28.8 Å². The zero-order valence-electron chi connectivity index (χ0n) is 16.4. The summed E-state index contributed by atoms with van der Waals surface area (Å²) in [5.74, 6) is 2.05. The number of hydrogen-bond acceptors (Lipinski definition) is 5. The molecule has 0 radical (unpaired) electrons. The van der Waals surface area contributed by atoms with E-state index in [-0.39, 0.29) is 11.4 Å². The summed E-state index contributed by atoms with van der Waals surface area (Å²) in [6.07, 6.45) is 1.62. The van der Waals surface area contributed by atoms with Gasteiger partial charge in [0, 0.05) is 35.0 Å². The molecule has 3 rings (SSSR count). The molecule has 1 aromatic heterocycles. The van der Waals surface area contributed by atoms with E-state index in [1.165, 1.54) is 0 Å². The molecule has 2 aromatic carbocycles. The second-order valence-electron chi connectivity index (χ2n) is 7.28. The van der Waals surface area contributed by atoms with Gasteiger partial charge in [-0.1, -0.05) is 18.2 Å². The van der Waals surface area contributed by atoms with E-state index < -0.39 is 0 Å². The average Bonchev–Trinajstić information content (AvgIpc) is 2.67. The fourth-order valence-corrected chi connectivity index (χ4v) is 2.54. The van der Waals surface area contributed by atoms with Gasteiger partial charge in [0.1, 0.15) is 11.5 Å². The molecule has 6 heteroatoms. The van der Waals surface area contributed by atoms with Crippen molar-refractivity contribution in [1.29, 1.82) is 0 Å². The molecule has 0 saturated carbocycles. The average molecular weight is 377 g/mol. The number of carbonyl (C=O) groups excluding carboxylic acids is 1. The van der Waals surface area contributed by atoms with Crippen molar-refractivity contribution in [3.63, 3.8) is 0 Å². The Kier molecular flexibility index (Phi) is 5.59. The first-order valence-corrected chi connectivity index (χ1v) is 8.92. The Bertz CT molecular complexity index is 981. The Morgan fingerprint density at radius 1 is 1.00 bits per heavy atom. The summed E-state index contributed by atoms with van der Waals surface area (Å²) in [5.41, 5.74) is 0.974. The zero-order valence-corrected chi connectivity index (χ0v) is 16.4. The third kappa shape index (κ3) is 5.07. The zero-order chi connectivity index (χ0) is 20.1. The number of methoxy groups -OCH3 is 1. The van der Waals surface area contributed by atoms with Crippen LogP contribution in [0.4, 0.5) is 0 Å². The van der Waals surface area contributed by atoms with Gasteiger partial charge in [0.05, 0.1) is 7.11 Å². The molecular formula is C22H23N3O3. The van der Waals surface area contributed by atoms with Crippen LogP contribution in [0, 0.1) is 0 Å². The third-order valence-corrected chi connectivity index (χ3v) is 3.77. The molecular weight excluding hydrogens is 354 g/mol. The molecule has 0 unspecified atom stereocenters. The Morgan fingerprint density at radius 2 is 1.75 bits per heavy atom. The monoisotopic (exact) mass is 377 g/mol. The summed E-state index contributed by atoms with van der Waals surface area (Å²) in [6.45, 7) is 5.83. The fourth-order valence-electron chi connectivity index (χ4n) is 2.54. The summed E-state index contributed by atoms with van der Waals surface area (Å²) in [5, 5.41) is 2.95. The molecule has 0 fully saturated rings. The number of rotatable bonds is 5. The van der Waals surface area contributed by atoms with Crippen LogP contribution in [-0.4, -0.2) is 28.5 Å². The maximum Gasteiger partial charge on any atom is 0.251 e. The minimum Gasteiger partial charge on any atom is -0.497 e. The van der Waals surface area contributed by atoms with Gasteiger partial charge in [0.25, 0.3) is 5.91 Å². The second-order valence-corrected chi connectivity index (χ2v) is 7.28. The molecule has 28 heavy (non-hydrogen) atoms. The highest BCUT2D eigenvalue weighted by molar-refractivity contribution is 5.95. The highest BCUT2D eigenvalue weighted by Gasteiger charge is 2.16. The Balaban J connectivity index is 1.84. The highest BCUT2D eigenvalue weighted by atomic mass is 16.5. The number of nitrogens with zero attached hydrogens (tertiary/aromatic N) is 2. The molecule has 3 aromatic rings. The second kappa shape index (κ2) is 8.08. The maximum absolute atomic E-state index is 12.4. The molecule has 1 heterocycles. The van der Waals surface area contributed by atoms with Crippen LogP contribution >= 0.6 is 0 Å². The van der Waals surface area contributed by atoms with Crippen LogP contribution in [0.25, 0.3) is 11.4 Å². The number of aromatic nitrogens is 2. The van der Waals surface area contributed by atoms with Gasteiger partial charge >= 0.3 is 0 Å². The van der Waals surface area contributed by atoms with Gasteiger partial charge in [-0.15, -0.1) is 0 Å². The van der Waals surface area contributed by atoms with Crippen LogP contribution in [0.5, 0.6) is 17.4 Å². The van der Waals surface area contributed by atoms with Gasteiger partial charge < -0.3 is 14.8 Å². The normalized spacial score (nSPS) is 11.0. The van der Waals surface area contributed by atoms with E-state index in [0.29, 0.717) is 28.8 Å². The smallest absolute Gasteiger partial charge is 0.251 e. The lowest BCUT2D eigenvalue weighted by molar-refractivity contribution is 0.0919. The Hall–Kier alpha value is -3.41. The molecule has 0 atom stereocenters. The van der Waals surface area contributed by atoms with E-state index in [0.717, 1.165) is 5.56 Å². The molecule has 1 N–H and O–H groups in total. The number of nitrogens with one attached hydrogen (secondary N) is 1. The van der Waals surface area contributed by atoms with Crippen molar-refractivity contribution in [3.05, 3.63) is 66.4 Å². The number of amides is 1. The van der Waals surface area contributed by atoms with Crippen molar-refractivity contribution in [2.75, 3.05) is 7.11 Å². The first kappa shape index (κ1) is 19.4. The quantitative estimate of drug-likeness (QED) is 0.710. The highest BCUT2D eigenvalue weighted by Crippen LogP contribution is 2.25. The number of benzene rings is 2. The van der Waals surface area contributed by atoms with Crippen LogP contribution in [-0.2, 0) is 0 Å². The topological polar surface area (TPSA) is 73.3 Å². The van der Waals surface area contributed by atoms with Crippen molar-refractivity contribution in [1.82, 2.24) is 15.3 Å². The van der Waals surface area contributed by atoms with Crippen molar-refractivity contribution < 1.29 is 14.3 Å². The summed E-state index contributed by atoms with van der Waals surface area (Å²) >= 11 is 0. The van der Waals surface area contributed by atoms with E-state index >= 15 is 0 Å². The predicted octanol–water partition coefficient (Wildman–Crippen LogP) is 4.47. The Morgan fingerprint density at radius 3 is 2.50 bits per heavy atom. The summed E-state index contributed by atoms with van der Waals surface area (Å²) in [6, 6.07) is 16.2.